The van der Waals surface area contributed by atoms with Crippen molar-refractivity contribution in [3.8, 4) is 39.1 Å². The maximum Gasteiger partial charge on any atom is 0.146 e. The smallest absolute Gasteiger partial charge is 0.146 e. The molecular weight excluding hydrogens is 472 g/mol. The summed E-state index contributed by atoms with van der Waals surface area (Å²) in [7, 11) is 0. The lowest BCUT2D eigenvalue weighted by molar-refractivity contribution is 1.14. The van der Waals surface area contributed by atoms with Gasteiger partial charge in [0.1, 0.15) is 5.65 Å². The first-order valence-corrected chi connectivity index (χ1v) is 13.4. The molecule has 0 spiro atoms. The van der Waals surface area contributed by atoms with E-state index in [0.29, 0.717) is 0 Å². The Labute approximate surface area is 225 Å². The lowest BCUT2D eigenvalue weighted by Gasteiger charge is -2.12. The Morgan fingerprint density at radius 1 is 0.436 bits per heavy atom. The predicted octanol–water partition coefficient (Wildman–Crippen LogP) is 9.80. The SMILES string of the molecule is c1ccc2c(c1)-c1cccc3c(-c4ccc(-n5c6ccccc6c6c7ccccc7cnc65)cc4)ccc-2c13. The molecule has 0 fully saturated rings. The van der Waals surface area contributed by atoms with Crippen molar-refractivity contribution in [3.05, 3.63) is 134 Å². The summed E-state index contributed by atoms with van der Waals surface area (Å²) in [6.07, 6.45) is 1.99. The average molecular weight is 495 g/mol. The summed E-state index contributed by atoms with van der Waals surface area (Å²) in [5, 5.41) is 7.51. The van der Waals surface area contributed by atoms with Gasteiger partial charge in [-0.1, -0.05) is 109 Å². The molecule has 0 N–H and O–H groups in total. The molecule has 0 unspecified atom stereocenters. The first-order chi connectivity index (χ1) is 19.4. The number of fused-ring (bicyclic) bond motifs is 8. The zero-order chi connectivity index (χ0) is 25.5. The maximum absolute atomic E-state index is 4.95. The number of rotatable bonds is 2. The quantitative estimate of drug-likeness (QED) is 0.234. The molecule has 0 aliphatic heterocycles. The minimum atomic E-state index is 0.991. The van der Waals surface area contributed by atoms with E-state index in [1.807, 2.05) is 6.20 Å². The third-order valence-electron chi connectivity index (χ3n) is 8.39. The van der Waals surface area contributed by atoms with E-state index >= 15 is 0 Å². The largest absolute Gasteiger partial charge is 0.294 e. The Hall–Kier alpha value is -5.21. The monoisotopic (exact) mass is 494 g/mol. The molecule has 0 amide bonds. The van der Waals surface area contributed by atoms with E-state index < -0.39 is 0 Å². The lowest BCUT2D eigenvalue weighted by Crippen LogP contribution is -1.95. The molecule has 1 aliphatic carbocycles. The number of benzene rings is 6. The van der Waals surface area contributed by atoms with E-state index in [2.05, 4.69) is 132 Å². The van der Waals surface area contributed by atoms with E-state index in [0.717, 1.165) is 16.7 Å². The van der Waals surface area contributed by atoms with E-state index in [4.69, 9.17) is 4.98 Å². The van der Waals surface area contributed by atoms with Crippen molar-refractivity contribution in [1.29, 1.82) is 0 Å². The van der Waals surface area contributed by atoms with Gasteiger partial charge in [-0.3, -0.25) is 4.57 Å². The molecule has 0 saturated heterocycles. The minimum Gasteiger partial charge on any atom is -0.294 e. The fourth-order valence-electron chi connectivity index (χ4n) is 6.69. The normalized spacial score (nSPS) is 12.1. The van der Waals surface area contributed by atoms with Crippen LogP contribution in [0.2, 0.25) is 0 Å². The van der Waals surface area contributed by atoms with E-state index in [9.17, 15) is 0 Å². The van der Waals surface area contributed by atoms with Crippen LogP contribution < -0.4 is 0 Å². The van der Waals surface area contributed by atoms with Crippen LogP contribution in [-0.4, -0.2) is 9.55 Å². The van der Waals surface area contributed by atoms with Crippen molar-refractivity contribution in [2.75, 3.05) is 0 Å². The number of aromatic nitrogens is 2. The highest BCUT2D eigenvalue weighted by Gasteiger charge is 2.22. The van der Waals surface area contributed by atoms with Crippen LogP contribution in [0.3, 0.4) is 0 Å². The first kappa shape index (κ1) is 20.8. The number of hydrogen-bond donors (Lipinski definition) is 0. The van der Waals surface area contributed by atoms with Gasteiger partial charge in [-0.2, -0.15) is 0 Å². The van der Waals surface area contributed by atoms with Gasteiger partial charge in [0.2, 0.25) is 0 Å². The van der Waals surface area contributed by atoms with E-state index in [1.54, 1.807) is 0 Å². The van der Waals surface area contributed by atoms with Gasteiger partial charge >= 0.3 is 0 Å². The Balaban J connectivity index is 1.24. The highest BCUT2D eigenvalue weighted by Crippen LogP contribution is 2.49. The zero-order valence-electron chi connectivity index (χ0n) is 21.1. The Morgan fingerprint density at radius 3 is 1.92 bits per heavy atom. The molecular formula is C37H22N2. The molecule has 2 aromatic heterocycles. The fraction of sp³-hybridized carbons (Fsp3) is 0. The van der Waals surface area contributed by atoms with Crippen LogP contribution in [0.5, 0.6) is 0 Å². The number of nitrogens with zero attached hydrogens (tertiary/aromatic N) is 2. The molecule has 2 heteroatoms. The maximum atomic E-state index is 4.95. The Morgan fingerprint density at radius 2 is 1.08 bits per heavy atom. The van der Waals surface area contributed by atoms with Gasteiger partial charge < -0.3 is 0 Å². The average Bonchev–Trinajstić information content (AvgIpc) is 3.52. The van der Waals surface area contributed by atoms with Crippen LogP contribution >= 0.6 is 0 Å². The summed E-state index contributed by atoms with van der Waals surface area (Å²) in [6.45, 7) is 0. The summed E-state index contributed by atoms with van der Waals surface area (Å²) in [5.41, 5.74) is 11.1. The molecule has 2 nitrogen and oxygen atoms in total. The second kappa shape index (κ2) is 7.66. The molecule has 6 aromatic carbocycles. The van der Waals surface area contributed by atoms with Gasteiger partial charge in [-0.15, -0.1) is 0 Å². The molecule has 2 heterocycles. The van der Waals surface area contributed by atoms with Gasteiger partial charge in [0.15, 0.2) is 0 Å². The topological polar surface area (TPSA) is 17.8 Å². The summed E-state index contributed by atoms with van der Waals surface area (Å²) in [5.74, 6) is 0. The van der Waals surface area contributed by atoms with Gasteiger partial charge in [-0.25, -0.2) is 4.98 Å². The standard InChI is InChI=1S/C37H22N2/c1-2-9-27-24(8-1)22-38-37-36(27)33-12-5-6-15-34(33)39(37)25-18-16-23(17-19-25)26-20-21-32-29-11-4-3-10-28(29)31-14-7-13-30(26)35(31)32/h1-22H. The molecule has 1 aliphatic rings. The van der Waals surface area contributed by atoms with Crippen molar-refractivity contribution < 1.29 is 0 Å². The molecule has 180 valence electrons. The number of pyridine rings is 1. The van der Waals surface area contributed by atoms with Crippen LogP contribution in [0.4, 0.5) is 0 Å². The Bertz CT molecular complexity index is 2240. The second-order valence-electron chi connectivity index (χ2n) is 10.4. The first-order valence-electron chi connectivity index (χ1n) is 13.4. The van der Waals surface area contributed by atoms with Crippen molar-refractivity contribution in [3.63, 3.8) is 0 Å². The zero-order valence-corrected chi connectivity index (χ0v) is 21.1. The molecule has 8 aromatic rings. The number of hydrogen-bond acceptors (Lipinski definition) is 1. The van der Waals surface area contributed by atoms with E-state index in [-0.39, 0.29) is 0 Å². The van der Waals surface area contributed by atoms with Crippen LogP contribution in [0.15, 0.2) is 134 Å². The molecule has 9 rings (SSSR count). The molecule has 0 saturated carbocycles. The highest BCUT2D eigenvalue weighted by molar-refractivity contribution is 6.20. The van der Waals surface area contributed by atoms with Crippen molar-refractivity contribution >= 4 is 43.5 Å². The van der Waals surface area contributed by atoms with Gasteiger partial charge in [-0.05, 0) is 67.7 Å². The molecule has 0 radical (unpaired) electrons. The van der Waals surface area contributed by atoms with Gasteiger partial charge in [0.25, 0.3) is 0 Å². The molecule has 0 atom stereocenters. The van der Waals surface area contributed by atoms with Gasteiger partial charge in [0, 0.05) is 28.0 Å². The highest BCUT2D eigenvalue weighted by atomic mass is 15.0. The summed E-state index contributed by atoms with van der Waals surface area (Å²) in [6, 6.07) is 46.2. The summed E-state index contributed by atoms with van der Waals surface area (Å²) in [4.78, 5) is 4.95. The molecule has 39 heavy (non-hydrogen) atoms. The van der Waals surface area contributed by atoms with Crippen LogP contribution in [-0.2, 0) is 0 Å². The second-order valence-corrected chi connectivity index (χ2v) is 10.4. The van der Waals surface area contributed by atoms with Crippen LogP contribution in [0.25, 0.3) is 82.5 Å². The van der Waals surface area contributed by atoms with Crippen molar-refractivity contribution in [1.82, 2.24) is 9.55 Å². The Kier molecular flexibility index (Phi) is 4.08. The van der Waals surface area contributed by atoms with Crippen molar-refractivity contribution in [2.24, 2.45) is 0 Å². The summed E-state index contributed by atoms with van der Waals surface area (Å²) >= 11 is 0. The number of para-hydroxylation sites is 1. The summed E-state index contributed by atoms with van der Waals surface area (Å²) < 4.78 is 2.30. The van der Waals surface area contributed by atoms with Crippen LogP contribution in [0, 0.1) is 0 Å². The van der Waals surface area contributed by atoms with E-state index in [1.165, 1.54) is 65.8 Å². The van der Waals surface area contributed by atoms with Gasteiger partial charge in [0.05, 0.1) is 5.52 Å². The third-order valence-corrected chi connectivity index (χ3v) is 8.39. The lowest BCUT2D eigenvalue weighted by atomic mass is 9.94. The fourth-order valence-corrected chi connectivity index (χ4v) is 6.69. The minimum absolute atomic E-state index is 0.991. The third kappa shape index (κ3) is 2.78. The van der Waals surface area contributed by atoms with Crippen molar-refractivity contribution in [2.45, 2.75) is 0 Å². The molecule has 0 bridgehead atoms. The van der Waals surface area contributed by atoms with Crippen LogP contribution in [0.1, 0.15) is 0 Å². The predicted molar refractivity (Wildman–Crippen MR) is 163 cm³/mol.